The van der Waals surface area contributed by atoms with Gasteiger partial charge in [0.15, 0.2) is 0 Å². The number of nitrogens with zero attached hydrogens (tertiary/aromatic N) is 2. The molecule has 1 aromatic rings. The summed E-state index contributed by atoms with van der Waals surface area (Å²) in [5, 5.41) is 11.7. The molecule has 1 N–H and O–H groups in total. The van der Waals surface area contributed by atoms with E-state index in [0.29, 0.717) is 25.1 Å². The summed E-state index contributed by atoms with van der Waals surface area (Å²) in [6.07, 6.45) is -3.90. The van der Waals surface area contributed by atoms with Crippen molar-refractivity contribution in [2.24, 2.45) is 0 Å². The Balaban J connectivity index is 2.09. The molecule has 148 valence electrons. The Morgan fingerprint density at radius 2 is 2.00 bits per heavy atom. The normalized spacial score (nSPS) is 20.7. The molecule has 8 heteroatoms. The zero-order chi connectivity index (χ0) is 20.4. The van der Waals surface area contributed by atoms with Crippen LogP contribution in [0, 0.1) is 11.3 Å². The smallest absolute Gasteiger partial charge is 0.417 e. The maximum absolute atomic E-state index is 13.2. The summed E-state index contributed by atoms with van der Waals surface area (Å²) in [6.45, 7) is 7.72. The molecule has 1 aliphatic heterocycles. The Labute approximate surface area is 157 Å². The van der Waals surface area contributed by atoms with Gasteiger partial charge in [0.1, 0.15) is 5.60 Å². The van der Waals surface area contributed by atoms with Crippen molar-refractivity contribution >= 4 is 11.8 Å². The van der Waals surface area contributed by atoms with Crippen molar-refractivity contribution in [3.05, 3.63) is 29.3 Å². The number of halogens is 3. The van der Waals surface area contributed by atoms with Gasteiger partial charge in [0.05, 0.1) is 17.2 Å². The molecule has 1 fully saturated rings. The number of amides is 1. The lowest BCUT2D eigenvalue weighted by atomic mass is 9.96. The highest BCUT2D eigenvalue weighted by molar-refractivity contribution is 5.68. The molecule has 1 amide bonds. The highest BCUT2D eigenvalue weighted by Gasteiger charge is 2.35. The number of hydrogen-bond donors (Lipinski definition) is 1. The SMILES string of the molecule is CC1CC(NC(=O)OC(C)(C)C)CCN1c1ccc(C#N)c(C(F)(F)F)c1. The Hall–Kier alpha value is -2.43. The van der Waals surface area contributed by atoms with Crippen LogP contribution in [0.3, 0.4) is 0 Å². The zero-order valence-electron chi connectivity index (χ0n) is 15.9. The Kier molecular flexibility index (Phi) is 5.93. The van der Waals surface area contributed by atoms with Gasteiger partial charge >= 0.3 is 12.3 Å². The standard InChI is InChI=1S/C19H24F3N3O2/c1-12-9-14(24-17(26)27-18(2,3)4)7-8-25(12)15-6-5-13(11-23)16(10-15)19(20,21)22/h5-6,10,12,14H,7-9H2,1-4H3,(H,24,26). The largest absolute Gasteiger partial charge is 0.444 e. The zero-order valence-corrected chi connectivity index (χ0v) is 15.9. The van der Waals surface area contributed by atoms with Gasteiger partial charge in [0.25, 0.3) is 0 Å². The Bertz CT molecular complexity index is 735. The maximum Gasteiger partial charge on any atom is 0.417 e. The van der Waals surface area contributed by atoms with Crippen LogP contribution in [0.2, 0.25) is 0 Å². The average Bonchev–Trinajstić information content (AvgIpc) is 2.51. The molecular formula is C19H24F3N3O2. The molecule has 1 aromatic carbocycles. The highest BCUT2D eigenvalue weighted by Crippen LogP contribution is 2.35. The number of ether oxygens (including phenoxy) is 1. The van der Waals surface area contributed by atoms with Crippen LogP contribution in [0.25, 0.3) is 0 Å². The molecule has 0 aromatic heterocycles. The molecule has 5 nitrogen and oxygen atoms in total. The monoisotopic (exact) mass is 383 g/mol. The average molecular weight is 383 g/mol. The molecule has 1 heterocycles. The molecule has 0 aliphatic carbocycles. The number of benzene rings is 1. The van der Waals surface area contributed by atoms with Crippen molar-refractivity contribution < 1.29 is 22.7 Å². The van der Waals surface area contributed by atoms with E-state index >= 15 is 0 Å². The van der Waals surface area contributed by atoms with E-state index in [1.54, 1.807) is 26.8 Å². The van der Waals surface area contributed by atoms with Crippen LogP contribution in [0.4, 0.5) is 23.7 Å². The third kappa shape index (κ3) is 5.52. The minimum absolute atomic E-state index is 0.0762. The van der Waals surface area contributed by atoms with E-state index in [4.69, 9.17) is 10.00 Å². The van der Waals surface area contributed by atoms with Gasteiger partial charge in [-0.25, -0.2) is 4.79 Å². The number of anilines is 1. The van der Waals surface area contributed by atoms with E-state index in [1.807, 2.05) is 11.8 Å². The van der Waals surface area contributed by atoms with E-state index < -0.39 is 23.4 Å². The van der Waals surface area contributed by atoms with Crippen LogP contribution >= 0.6 is 0 Å². The summed E-state index contributed by atoms with van der Waals surface area (Å²) in [4.78, 5) is 13.8. The molecule has 2 unspecified atom stereocenters. The second kappa shape index (κ2) is 7.67. The van der Waals surface area contributed by atoms with Gasteiger partial charge in [-0.2, -0.15) is 18.4 Å². The maximum atomic E-state index is 13.2. The van der Waals surface area contributed by atoms with Crippen LogP contribution in [0.5, 0.6) is 0 Å². The van der Waals surface area contributed by atoms with Gasteiger partial charge < -0.3 is 15.0 Å². The summed E-state index contributed by atoms with van der Waals surface area (Å²) < 4.78 is 44.8. The first kappa shape index (κ1) is 20.9. The van der Waals surface area contributed by atoms with Gasteiger partial charge in [0, 0.05) is 24.3 Å². The van der Waals surface area contributed by atoms with Crippen molar-refractivity contribution in [3.63, 3.8) is 0 Å². The van der Waals surface area contributed by atoms with E-state index in [0.717, 1.165) is 6.07 Å². The fourth-order valence-corrected chi connectivity index (χ4v) is 3.20. The van der Waals surface area contributed by atoms with E-state index in [1.165, 1.54) is 12.1 Å². The number of carbonyl (C=O) groups is 1. The van der Waals surface area contributed by atoms with Crippen LogP contribution in [-0.4, -0.2) is 30.3 Å². The molecule has 0 spiro atoms. The molecule has 1 saturated heterocycles. The number of alkyl halides is 3. The van der Waals surface area contributed by atoms with Crippen molar-refractivity contribution in [3.8, 4) is 6.07 Å². The Morgan fingerprint density at radius 3 is 2.52 bits per heavy atom. The minimum atomic E-state index is -4.58. The molecular weight excluding hydrogens is 359 g/mol. The van der Waals surface area contributed by atoms with Gasteiger partial charge in [-0.3, -0.25) is 0 Å². The summed E-state index contributed by atoms with van der Waals surface area (Å²) in [6, 6.07) is 5.17. The molecule has 27 heavy (non-hydrogen) atoms. The highest BCUT2D eigenvalue weighted by atomic mass is 19.4. The van der Waals surface area contributed by atoms with Gasteiger partial charge in [-0.1, -0.05) is 0 Å². The van der Waals surface area contributed by atoms with Crippen LogP contribution in [0.1, 0.15) is 51.7 Å². The third-order valence-electron chi connectivity index (χ3n) is 4.36. The number of rotatable bonds is 2. The first-order valence-corrected chi connectivity index (χ1v) is 8.78. The number of carbonyl (C=O) groups excluding carboxylic acids is 1. The van der Waals surface area contributed by atoms with E-state index in [-0.39, 0.29) is 17.6 Å². The second-order valence-electron chi connectivity index (χ2n) is 7.75. The summed E-state index contributed by atoms with van der Waals surface area (Å²) in [5.74, 6) is 0. The minimum Gasteiger partial charge on any atom is -0.444 e. The van der Waals surface area contributed by atoms with Crippen molar-refractivity contribution in [1.82, 2.24) is 5.32 Å². The van der Waals surface area contributed by atoms with Crippen LogP contribution in [-0.2, 0) is 10.9 Å². The third-order valence-corrected chi connectivity index (χ3v) is 4.36. The number of alkyl carbamates (subject to hydrolysis) is 1. The topological polar surface area (TPSA) is 65.4 Å². The number of hydrogen-bond acceptors (Lipinski definition) is 4. The second-order valence-corrected chi connectivity index (χ2v) is 7.75. The number of piperidine rings is 1. The predicted molar refractivity (Wildman–Crippen MR) is 95.4 cm³/mol. The first-order chi connectivity index (χ1) is 12.4. The molecule has 2 atom stereocenters. The quantitative estimate of drug-likeness (QED) is 0.819. The van der Waals surface area contributed by atoms with Gasteiger partial charge in [0.2, 0.25) is 0 Å². The number of nitrogens with one attached hydrogen (secondary N) is 1. The van der Waals surface area contributed by atoms with Gasteiger partial charge in [-0.05, 0) is 58.7 Å². The fraction of sp³-hybridized carbons (Fsp3) is 0.579. The lowest BCUT2D eigenvalue weighted by Gasteiger charge is -2.39. The molecule has 2 rings (SSSR count). The Morgan fingerprint density at radius 1 is 1.33 bits per heavy atom. The lowest BCUT2D eigenvalue weighted by Crippen LogP contribution is -2.49. The van der Waals surface area contributed by atoms with Crippen LogP contribution < -0.4 is 10.2 Å². The van der Waals surface area contributed by atoms with Crippen molar-refractivity contribution in [1.29, 1.82) is 5.26 Å². The molecule has 0 radical (unpaired) electrons. The number of nitriles is 1. The van der Waals surface area contributed by atoms with Crippen molar-refractivity contribution in [2.75, 3.05) is 11.4 Å². The predicted octanol–water partition coefficient (Wildman–Crippen LogP) is 4.46. The van der Waals surface area contributed by atoms with Gasteiger partial charge in [-0.15, -0.1) is 0 Å². The molecule has 0 saturated carbocycles. The van der Waals surface area contributed by atoms with E-state index in [9.17, 15) is 18.0 Å². The summed E-state index contributed by atoms with van der Waals surface area (Å²) in [7, 11) is 0. The lowest BCUT2D eigenvalue weighted by molar-refractivity contribution is -0.137. The molecule has 0 bridgehead atoms. The molecule has 1 aliphatic rings. The summed E-state index contributed by atoms with van der Waals surface area (Å²) in [5.41, 5.74) is -1.49. The fourth-order valence-electron chi connectivity index (χ4n) is 3.20. The van der Waals surface area contributed by atoms with E-state index in [2.05, 4.69) is 5.32 Å². The summed E-state index contributed by atoms with van der Waals surface area (Å²) >= 11 is 0. The first-order valence-electron chi connectivity index (χ1n) is 8.78. The van der Waals surface area contributed by atoms with Crippen LogP contribution in [0.15, 0.2) is 18.2 Å². The van der Waals surface area contributed by atoms with Crippen molar-refractivity contribution in [2.45, 2.75) is 64.4 Å².